The van der Waals surface area contributed by atoms with Gasteiger partial charge in [0, 0.05) is 30.8 Å². The van der Waals surface area contributed by atoms with E-state index in [0.29, 0.717) is 29.0 Å². The largest absolute Gasteiger partial charge is 2.00 e. The summed E-state index contributed by atoms with van der Waals surface area (Å²) in [5, 5.41) is 3.74. The first-order valence-electron chi connectivity index (χ1n) is 11.5. The van der Waals surface area contributed by atoms with Crippen molar-refractivity contribution in [3.05, 3.63) is 35.2 Å². The van der Waals surface area contributed by atoms with Crippen LogP contribution in [0, 0.1) is 42.9 Å². The fourth-order valence-corrected chi connectivity index (χ4v) is 6.29. The van der Waals surface area contributed by atoms with E-state index in [9.17, 15) is 13.2 Å². The van der Waals surface area contributed by atoms with Crippen LogP contribution in [0.1, 0.15) is 38.5 Å². The minimum absolute atomic E-state index is 0. The van der Waals surface area contributed by atoms with Crippen molar-refractivity contribution >= 4 is 28.0 Å². The van der Waals surface area contributed by atoms with Crippen molar-refractivity contribution in [3.63, 3.8) is 0 Å². The van der Waals surface area contributed by atoms with Crippen LogP contribution in [0.25, 0.3) is 0 Å². The zero-order valence-electron chi connectivity index (χ0n) is 18.8. The molecular weight excluding hydrogens is 688 g/mol. The average molecular weight is 720 g/mol. The molecule has 4 fully saturated rings. The Hall–Kier alpha value is -0.138. The molecule has 0 radical (unpaired) electrons. The molecule has 5 rings (SSSR count). The zero-order chi connectivity index (χ0) is 22.6. The Morgan fingerprint density at radius 3 is 2.48 bits per heavy atom. The van der Waals surface area contributed by atoms with Gasteiger partial charge in [-0.3, -0.25) is 5.92 Å². The van der Waals surface area contributed by atoms with Crippen LogP contribution >= 0.6 is 11.6 Å². The second-order valence-corrected chi connectivity index (χ2v) is 11.3. The van der Waals surface area contributed by atoms with E-state index in [1.54, 1.807) is 33.5 Å². The molecule has 2 aliphatic carbocycles. The third kappa shape index (κ3) is 7.67. The number of morpholine rings is 1. The third-order valence-electron chi connectivity index (χ3n) is 6.42. The summed E-state index contributed by atoms with van der Waals surface area (Å²) in [6.07, 6.45) is 8.33. The maximum atomic E-state index is 13.3. The second-order valence-electron chi connectivity index (χ2n) is 9.02. The molecule has 1 amide bonds. The van der Waals surface area contributed by atoms with E-state index in [1.807, 2.05) is 6.41 Å². The van der Waals surface area contributed by atoms with Crippen molar-refractivity contribution in [3.8, 4) is 0 Å². The van der Waals surface area contributed by atoms with Gasteiger partial charge in [-0.05, 0) is 56.1 Å². The predicted octanol–water partition coefficient (Wildman–Crippen LogP) is 2.62. The Morgan fingerprint density at radius 2 is 1.85 bits per heavy atom. The van der Waals surface area contributed by atoms with Crippen molar-refractivity contribution in [2.45, 2.75) is 55.5 Å². The molecule has 0 unspecified atom stereocenters. The number of ether oxygens (including phenoxy) is 1. The summed E-state index contributed by atoms with van der Waals surface area (Å²) in [6.45, 7) is 4.60. The van der Waals surface area contributed by atoms with Crippen LogP contribution in [-0.2, 0) is 19.6 Å². The summed E-state index contributed by atoms with van der Waals surface area (Å²) in [5.41, 5.74) is 0. The summed E-state index contributed by atoms with van der Waals surface area (Å²) < 4.78 is 34.0. The molecule has 0 aromatic heterocycles. The first kappa shape index (κ1) is 27.4. The fourth-order valence-electron chi connectivity index (χ4n) is 4.36. The molecule has 0 spiro atoms. The molecule has 4 aliphatic rings. The molecule has 2 saturated heterocycles. The van der Waals surface area contributed by atoms with Crippen molar-refractivity contribution < 1.29 is 49.1 Å². The van der Waals surface area contributed by atoms with Crippen LogP contribution in [-0.4, -0.2) is 75.5 Å². The number of hydrogen-bond acceptors (Lipinski definition) is 5. The monoisotopic (exact) mass is 719 g/mol. The van der Waals surface area contributed by atoms with Crippen LogP contribution in [0.2, 0.25) is 5.02 Å². The number of hydrogen-bond donors (Lipinski definition) is 1. The maximum absolute atomic E-state index is 13.3. The van der Waals surface area contributed by atoms with Gasteiger partial charge in [0.15, 0.2) is 0 Å². The molecule has 2 aliphatic heterocycles. The van der Waals surface area contributed by atoms with Crippen LogP contribution in [0.5, 0.6) is 0 Å². The van der Waals surface area contributed by atoms with Crippen LogP contribution < -0.4 is 5.32 Å². The topological polar surface area (TPSA) is 79.0 Å². The van der Waals surface area contributed by atoms with Crippen molar-refractivity contribution in [1.82, 2.24) is 14.5 Å². The molecule has 2 atom stereocenters. The smallest absolute Gasteiger partial charge is 0.520 e. The quantitative estimate of drug-likeness (QED) is 0.458. The number of halogens is 1. The molecule has 0 bridgehead atoms. The number of nitrogens with zero attached hydrogens (tertiary/aromatic N) is 2. The number of sulfonamides is 1. The normalized spacial score (nSPS) is 26.4. The Morgan fingerprint density at radius 1 is 1.12 bits per heavy atom. The van der Waals surface area contributed by atoms with Gasteiger partial charge in [-0.25, -0.2) is 25.6 Å². The summed E-state index contributed by atoms with van der Waals surface area (Å²) in [5.74, 6) is 1.97. The summed E-state index contributed by atoms with van der Waals surface area (Å²) in [6, 6.07) is 6.36. The Balaban J connectivity index is 0.000000260. The summed E-state index contributed by atoms with van der Waals surface area (Å²) in [7, 11) is -3.53. The van der Waals surface area contributed by atoms with Crippen molar-refractivity contribution in [1.29, 1.82) is 0 Å². The van der Waals surface area contributed by atoms with E-state index < -0.39 is 10.0 Å². The van der Waals surface area contributed by atoms with Gasteiger partial charge in [0.25, 0.3) is 0 Å². The van der Waals surface area contributed by atoms with E-state index >= 15 is 0 Å². The molecule has 1 aromatic rings. The van der Waals surface area contributed by atoms with E-state index in [1.165, 1.54) is 18.8 Å². The molecule has 2 saturated carbocycles. The van der Waals surface area contributed by atoms with Gasteiger partial charge in [-0.1, -0.05) is 30.5 Å². The molecule has 1 N–H and O–H groups in total. The molecule has 10 heteroatoms. The van der Waals surface area contributed by atoms with Crippen molar-refractivity contribution in [2.75, 3.05) is 39.4 Å². The maximum Gasteiger partial charge on any atom is 2.00 e. The molecule has 1 aromatic carbocycles. The van der Waals surface area contributed by atoms with Crippen molar-refractivity contribution in [2.24, 2.45) is 5.92 Å². The van der Waals surface area contributed by atoms with Crippen LogP contribution in [0.4, 0.5) is 0 Å². The number of amides is 1. The fraction of sp³-hybridized carbons (Fsp3) is 0.652. The number of benzene rings is 1. The van der Waals surface area contributed by atoms with E-state index in [4.69, 9.17) is 16.3 Å². The van der Waals surface area contributed by atoms with Gasteiger partial charge in [-0.15, -0.1) is 0 Å². The molecule has 33 heavy (non-hydrogen) atoms. The molecule has 7 nitrogen and oxygen atoms in total. The van der Waals surface area contributed by atoms with Gasteiger partial charge in [0.05, 0.1) is 11.5 Å². The minimum Gasteiger partial charge on any atom is -0.520 e. The summed E-state index contributed by atoms with van der Waals surface area (Å²) in [4.78, 5) is 12.1. The Bertz CT molecular complexity index is 857. The van der Waals surface area contributed by atoms with E-state index in [0.717, 1.165) is 51.9 Å². The van der Waals surface area contributed by atoms with Gasteiger partial charge in [0.1, 0.15) is 0 Å². The molecule has 180 valence electrons. The predicted molar refractivity (Wildman–Crippen MR) is 123 cm³/mol. The average Bonchev–Trinajstić information content (AvgIpc) is 3.68. The first-order valence-corrected chi connectivity index (χ1v) is 13.4. The Labute approximate surface area is 226 Å². The number of nitrogens with one attached hydrogen (secondary N) is 1. The van der Waals surface area contributed by atoms with Gasteiger partial charge < -0.3 is 19.7 Å². The zero-order valence-corrected chi connectivity index (χ0v) is 24.6. The number of carbonyl (C=O) groups excluding carboxylic acids is 1. The van der Waals surface area contributed by atoms with Gasteiger partial charge in [0.2, 0.25) is 10.0 Å². The molecule has 2 heterocycles. The molecular formula is C23H32ClN3O4SU. The second kappa shape index (κ2) is 12.7. The van der Waals surface area contributed by atoms with Crippen LogP contribution in [0.15, 0.2) is 29.2 Å². The Kier molecular flexibility index (Phi) is 10.6. The summed E-state index contributed by atoms with van der Waals surface area (Å²) >= 11 is 5.91. The SMILES string of the molecule is O=S(=O)(c1ccc(Cl)cc1)N1[C@H](CC2CC2)COC[C@@H]1[C-]1CC1.O=[C-]N1CCCNCC1.[U+2]. The minimum atomic E-state index is -3.53. The van der Waals surface area contributed by atoms with Crippen LogP contribution in [0.3, 0.4) is 0 Å². The third-order valence-corrected chi connectivity index (χ3v) is 8.65. The van der Waals surface area contributed by atoms with Gasteiger partial charge in [-0.2, -0.15) is 6.41 Å². The standard InChI is InChI=1S/C17H21ClNO3S.C6H11N2O.U/c18-14-5-7-16(8-6-14)23(20,21)19-15(9-12-1-2-12)10-22-11-17(19)13-3-4-13;9-6-8-4-1-2-7-3-5-8;/h5-8,12,15,17H,1-4,9-11H2;7H,1-5H2;/q2*-1;+2/t15-,17-;;/m1../s1. The first-order chi connectivity index (χ1) is 15.5. The van der Waals surface area contributed by atoms with E-state index in [2.05, 4.69) is 5.32 Å². The van der Waals surface area contributed by atoms with E-state index in [-0.39, 0.29) is 43.2 Å². The van der Waals surface area contributed by atoms with Gasteiger partial charge >= 0.3 is 31.1 Å². The number of rotatable bonds is 6.